The van der Waals surface area contributed by atoms with Gasteiger partial charge in [-0.25, -0.2) is 4.68 Å². The molecular weight excluding hydrogens is 372 g/mol. The Hall–Kier alpha value is -3.75. The minimum atomic E-state index is -0.567. The lowest BCUT2D eigenvalue weighted by Crippen LogP contribution is -2.26. The summed E-state index contributed by atoms with van der Waals surface area (Å²) in [5, 5.41) is 4.49. The number of aromatic nitrogens is 4. The van der Waals surface area contributed by atoms with Gasteiger partial charge in [0.05, 0.1) is 29.5 Å². The number of primary amides is 1. The highest BCUT2D eigenvalue weighted by atomic mass is 16.5. The van der Waals surface area contributed by atoms with Gasteiger partial charge in [-0.2, -0.15) is 5.10 Å². The van der Waals surface area contributed by atoms with E-state index >= 15 is 0 Å². The predicted molar refractivity (Wildman–Crippen MR) is 107 cm³/mol. The van der Waals surface area contributed by atoms with E-state index in [-0.39, 0.29) is 12.5 Å². The highest BCUT2D eigenvalue weighted by Gasteiger charge is 2.20. The number of hydrogen-bond acceptors (Lipinski definition) is 6. The largest absolute Gasteiger partial charge is 0.482 e. The maximum atomic E-state index is 12.6. The lowest BCUT2D eigenvalue weighted by Gasteiger charge is -2.11. The second kappa shape index (κ2) is 8.51. The fourth-order valence-electron chi connectivity index (χ4n) is 2.56. The number of aryl methyl sites for hydroxylation is 1. The van der Waals surface area contributed by atoms with Crippen LogP contribution in [0.1, 0.15) is 23.1 Å². The predicted octanol–water partition coefficient (Wildman–Crippen LogP) is 1.59. The van der Waals surface area contributed by atoms with Gasteiger partial charge < -0.3 is 15.4 Å². The lowest BCUT2D eigenvalue weighted by molar-refractivity contribution is -0.119. The molecule has 2 amide bonds. The molecule has 3 rings (SSSR count). The molecule has 0 aromatic carbocycles. The molecule has 0 spiro atoms. The van der Waals surface area contributed by atoms with Crippen molar-refractivity contribution in [2.75, 3.05) is 20.2 Å². The first kappa shape index (κ1) is 20.0. The van der Waals surface area contributed by atoms with Crippen LogP contribution in [0.2, 0.25) is 0 Å². The number of pyridine rings is 2. The Morgan fingerprint density at radius 1 is 1.17 bits per heavy atom. The minimum Gasteiger partial charge on any atom is -0.482 e. The molecule has 0 radical (unpaired) electrons. The molecule has 0 aliphatic rings. The van der Waals surface area contributed by atoms with Crippen molar-refractivity contribution < 1.29 is 14.3 Å². The zero-order valence-electron chi connectivity index (χ0n) is 16.5. The van der Waals surface area contributed by atoms with Gasteiger partial charge in [0, 0.05) is 19.3 Å². The van der Waals surface area contributed by atoms with Crippen LogP contribution in [0.5, 0.6) is 5.75 Å². The Morgan fingerprint density at radius 2 is 1.97 bits per heavy atom. The van der Waals surface area contributed by atoms with E-state index in [9.17, 15) is 9.59 Å². The summed E-state index contributed by atoms with van der Waals surface area (Å²) in [5.41, 5.74) is 8.19. The maximum Gasteiger partial charge on any atom is 0.274 e. The number of ether oxygens (including phenoxy) is 1. The molecule has 3 aromatic rings. The fourth-order valence-corrected chi connectivity index (χ4v) is 2.56. The smallest absolute Gasteiger partial charge is 0.274 e. The molecule has 0 fully saturated rings. The zero-order valence-corrected chi connectivity index (χ0v) is 16.5. The fraction of sp³-hybridized carbons (Fsp3) is 0.250. The molecule has 9 nitrogen and oxygen atoms in total. The van der Waals surface area contributed by atoms with E-state index in [1.807, 2.05) is 26.0 Å². The zero-order chi connectivity index (χ0) is 21.0. The van der Waals surface area contributed by atoms with Crippen molar-refractivity contribution in [3.8, 4) is 22.8 Å². The molecule has 0 unspecified atom stereocenters. The Labute approximate surface area is 168 Å². The van der Waals surface area contributed by atoms with Crippen LogP contribution in [-0.4, -0.2) is 56.7 Å². The van der Waals surface area contributed by atoms with Gasteiger partial charge in [0.2, 0.25) is 0 Å². The molecule has 0 bridgehead atoms. The summed E-state index contributed by atoms with van der Waals surface area (Å²) in [4.78, 5) is 33.7. The average Bonchev–Trinajstić information content (AvgIpc) is 3.17. The number of carbonyl (C=O) groups excluding carboxylic acids is 2. The third kappa shape index (κ3) is 4.57. The standard InChI is InChI=1S/C20H22N6O3/c1-4-25(3)20(28)17-9-18(26(24-17)14-6-5-13(2)22-10-14)16-8-7-15(11-23-16)29-12-19(21)27/h5-11H,4,12H2,1-3H3,(H2,21,27). The number of nitrogens with zero attached hydrogens (tertiary/aromatic N) is 5. The Morgan fingerprint density at radius 3 is 2.55 bits per heavy atom. The van der Waals surface area contributed by atoms with E-state index in [4.69, 9.17) is 10.5 Å². The van der Waals surface area contributed by atoms with Crippen molar-refractivity contribution in [2.24, 2.45) is 5.73 Å². The van der Waals surface area contributed by atoms with Crippen LogP contribution in [0, 0.1) is 6.92 Å². The SMILES string of the molecule is CCN(C)C(=O)c1cc(-c2ccc(OCC(N)=O)cn2)n(-c2ccc(C)nc2)n1. The molecule has 0 atom stereocenters. The van der Waals surface area contributed by atoms with Gasteiger partial charge in [-0.1, -0.05) is 0 Å². The molecule has 0 aliphatic carbocycles. The summed E-state index contributed by atoms with van der Waals surface area (Å²) < 4.78 is 6.88. The van der Waals surface area contributed by atoms with Crippen LogP contribution >= 0.6 is 0 Å². The Balaban J connectivity index is 2.01. The summed E-state index contributed by atoms with van der Waals surface area (Å²) in [5.74, 6) is -0.339. The summed E-state index contributed by atoms with van der Waals surface area (Å²) in [7, 11) is 1.72. The van der Waals surface area contributed by atoms with Crippen molar-refractivity contribution in [3.63, 3.8) is 0 Å². The summed E-state index contributed by atoms with van der Waals surface area (Å²) in [6, 6.07) is 8.84. The van der Waals surface area contributed by atoms with Crippen LogP contribution in [0.3, 0.4) is 0 Å². The third-order valence-electron chi connectivity index (χ3n) is 4.27. The van der Waals surface area contributed by atoms with Gasteiger partial charge in [0.25, 0.3) is 11.8 Å². The van der Waals surface area contributed by atoms with Crippen molar-refractivity contribution in [1.82, 2.24) is 24.6 Å². The van der Waals surface area contributed by atoms with E-state index in [0.29, 0.717) is 35.1 Å². The number of amides is 2. The van der Waals surface area contributed by atoms with E-state index in [0.717, 1.165) is 5.69 Å². The Bertz CT molecular complexity index is 1010. The second-order valence-corrected chi connectivity index (χ2v) is 6.44. The first-order chi connectivity index (χ1) is 13.9. The van der Waals surface area contributed by atoms with E-state index in [1.54, 1.807) is 41.0 Å². The van der Waals surface area contributed by atoms with Crippen LogP contribution < -0.4 is 10.5 Å². The highest BCUT2D eigenvalue weighted by molar-refractivity contribution is 5.93. The maximum absolute atomic E-state index is 12.6. The van der Waals surface area contributed by atoms with Gasteiger partial charge >= 0.3 is 0 Å². The van der Waals surface area contributed by atoms with Crippen LogP contribution in [0.4, 0.5) is 0 Å². The molecule has 3 aromatic heterocycles. The van der Waals surface area contributed by atoms with E-state index < -0.39 is 5.91 Å². The van der Waals surface area contributed by atoms with Crippen molar-refractivity contribution in [2.45, 2.75) is 13.8 Å². The highest BCUT2D eigenvalue weighted by Crippen LogP contribution is 2.24. The normalized spacial score (nSPS) is 10.6. The molecule has 150 valence electrons. The topological polar surface area (TPSA) is 116 Å². The molecule has 9 heteroatoms. The Kier molecular flexibility index (Phi) is 5.87. The van der Waals surface area contributed by atoms with E-state index in [1.165, 1.54) is 6.20 Å². The van der Waals surface area contributed by atoms with Crippen LogP contribution in [-0.2, 0) is 4.79 Å². The van der Waals surface area contributed by atoms with Crippen molar-refractivity contribution in [1.29, 1.82) is 0 Å². The summed E-state index contributed by atoms with van der Waals surface area (Å²) >= 11 is 0. The minimum absolute atomic E-state index is 0.186. The molecular formula is C20H22N6O3. The number of carbonyl (C=O) groups is 2. The first-order valence-electron chi connectivity index (χ1n) is 9.05. The van der Waals surface area contributed by atoms with Gasteiger partial charge in [0.15, 0.2) is 12.3 Å². The molecule has 0 saturated carbocycles. The number of hydrogen-bond donors (Lipinski definition) is 1. The van der Waals surface area contributed by atoms with Gasteiger partial charge in [-0.3, -0.25) is 19.6 Å². The van der Waals surface area contributed by atoms with Crippen LogP contribution in [0.25, 0.3) is 17.1 Å². The number of nitrogens with two attached hydrogens (primary N) is 1. The van der Waals surface area contributed by atoms with Gasteiger partial charge in [-0.15, -0.1) is 0 Å². The lowest BCUT2D eigenvalue weighted by atomic mass is 10.2. The molecule has 3 heterocycles. The summed E-state index contributed by atoms with van der Waals surface area (Å²) in [6.07, 6.45) is 3.18. The van der Waals surface area contributed by atoms with Crippen LogP contribution in [0.15, 0.2) is 42.7 Å². The summed E-state index contributed by atoms with van der Waals surface area (Å²) in [6.45, 7) is 4.13. The first-order valence-corrected chi connectivity index (χ1v) is 9.05. The monoisotopic (exact) mass is 394 g/mol. The molecule has 0 saturated heterocycles. The molecule has 2 N–H and O–H groups in total. The number of rotatable bonds is 7. The van der Waals surface area contributed by atoms with Crippen molar-refractivity contribution in [3.05, 3.63) is 54.1 Å². The van der Waals surface area contributed by atoms with Crippen molar-refractivity contribution >= 4 is 11.8 Å². The second-order valence-electron chi connectivity index (χ2n) is 6.44. The van der Waals surface area contributed by atoms with Gasteiger partial charge in [-0.05, 0) is 44.2 Å². The third-order valence-corrected chi connectivity index (χ3v) is 4.27. The molecule has 0 aliphatic heterocycles. The average molecular weight is 394 g/mol. The quantitative estimate of drug-likeness (QED) is 0.650. The van der Waals surface area contributed by atoms with E-state index in [2.05, 4.69) is 15.1 Å². The van der Waals surface area contributed by atoms with Gasteiger partial charge in [0.1, 0.15) is 5.75 Å². The molecule has 29 heavy (non-hydrogen) atoms.